The van der Waals surface area contributed by atoms with Crippen molar-refractivity contribution >= 4 is 23.6 Å². The fourth-order valence-corrected chi connectivity index (χ4v) is 6.01. The smallest absolute Gasteiger partial charge is 0.251 e. The van der Waals surface area contributed by atoms with Gasteiger partial charge < -0.3 is 31.1 Å². The van der Waals surface area contributed by atoms with Gasteiger partial charge in [-0.05, 0) is 55.5 Å². The topological polar surface area (TPSA) is 177 Å². The van der Waals surface area contributed by atoms with Crippen molar-refractivity contribution in [3.8, 4) is 5.75 Å². The molecule has 1 aliphatic carbocycles. The zero-order valence-electron chi connectivity index (χ0n) is 26.6. The lowest BCUT2D eigenvalue weighted by atomic mass is 9.83. The fourth-order valence-electron chi connectivity index (χ4n) is 6.01. The van der Waals surface area contributed by atoms with E-state index in [0.29, 0.717) is 36.6 Å². The van der Waals surface area contributed by atoms with Gasteiger partial charge in [0.15, 0.2) is 0 Å². The number of nitrogens with one attached hydrogen (secondary N) is 4. The second kappa shape index (κ2) is 16.2. The molecule has 5 N–H and O–H groups in total. The van der Waals surface area contributed by atoms with Gasteiger partial charge in [-0.25, -0.2) is 0 Å². The quantitative estimate of drug-likeness (QED) is 0.266. The van der Waals surface area contributed by atoms with E-state index in [1.807, 2.05) is 30.3 Å². The van der Waals surface area contributed by atoms with Crippen molar-refractivity contribution in [1.82, 2.24) is 36.3 Å². The molecule has 250 valence electrons. The minimum Gasteiger partial charge on any atom is -0.494 e. The summed E-state index contributed by atoms with van der Waals surface area (Å²) >= 11 is 0. The number of aliphatic hydroxyl groups excluding tert-OH is 1. The molecular weight excluding hydrogens is 602 g/mol. The normalized spacial score (nSPS) is 23.1. The lowest BCUT2D eigenvalue weighted by Gasteiger charge is -2.32. The van der Waals surface area contributed by atoms with E-state index in [2.05, 4.69) is 31.6 Å². The summed E-state index contributed by atoms with van der Waals surface area (Å²) in [5.74, 6) is -1.73. The Morgan fingerprint density at radius 3 is 2.36 bits per heavy atom. The Bertz CT molecular complexity index is 1500. The summed E-state index contributed by atoms with van der Waals surface area (Å²) in [6.45, 7) is 2.43. The van der Waals surface area contributed by atoms with E-state index in [0.717, 1.165) is 37.7 Å². The van der Waals surface area contributed by atoms with Crippen molar-refractivity contribution in [2.75, 3.05) is 6.61 Å². The van der Waals surface area contributed by atoms with Crippen LogP contribution in [0.15, 0.2) is 60.8 Å². The monoisotopic (exact) mass is 645 g/mol. The number of carbonyl (C=O) groups is 4. The first-order valence-electron chi connectivity index (χ1n) is 16.3. The SMILES string of the molecule is C[C@@H](O)[C@@H]1NC(=O)[C@H](C2CCCCC2)NC(=O)c2ccc(cc2)OCCCn2cc(nn2)CNC(=O)[C@@H](Cc2ccccc2)NC1=O. The largest absolute Gasteiger partial charge is 0.494 e. The molecule has 0 radical (unpaired) electrons. The van der Waals surface area contributed by atoms with Gasteiger partial charge in [0.25, 0.3) is 5.91 Å². The summed E-state index contributed by atoms with van der Waals surface area (Å²) in [6, 6.07) is 12.6. The van der Waals surface area contributed by atoms with Crippen LogP contribution in [0, 0.1) is 5.92 Å². The number of nitrogens with zero attached hydrogens (tertiary/aromatic N) is 3. The highest BCUT2D eigenvalue weighted by atomic mass is 16.5. The molecule has 1 aromatic heterocycles. The van der Waals surface area contributed by atoms with E-state index >= 15 is 0 Å². The molecule has 13 nitrogen and oxygen atoms in total. The van der Waals surface area contributed by atoms with Gasteiger partial charge in [-0.15, -0.1) is 5.10 Å². The summed E-state index contributed by atoms with van der Waals surface area (Å²) < 4.78 is 7.51. The Morgan fingerprint density at radius 1 is 0.894 bits per heavy atom. The highest BCUT2D eigenvalue weighted by Crippen LogP contribution is 2.27. The van der Waals surface area contributed by atoms with Gasteiger partial charge in [-0.2, -0.15) is 0 Å². The number of fused-ring (bicyclic) bond motifs is 16. The van der Waals surface area contributed by atoms with Gasteiger partial charge in [0.1, 0.15) is 29.6 Å². The minimum atomic E-state index is -1.38. The van der Waals surface area contributed by atoms with E-state index in [1.54, 1.807) is 35.1 Å². The molecule has 3 heterocycles. The van der Waals surface area contributed by atoms with E-state index in [-0.39, 0.29) is 18.9 Å². The maximum absolute atomic E-state index is 13.8. The molecule has 6 rings (SSSR count). The Morgan fingerprint density at radius 2 is 1.64 bits per heavy atom. The van der Waals surface area contributed by atoms with Gasteiger partial charge in [0.2, 0.25) is 17.7 Å². The van der Waals surface area contributed by atoms with Crippen LogP contribution in [0.2, 0.25) is 0 Å². The number of hydrogen-bond donors (Lipinski definition) is 5. The Hall–Kier alpha value is -4.78. The number of aromatic nitrogens is 3. The summed E-state index contributed by atoms with van der Waals surface area (Å²) in [4.78, 5) is 54.3. The zero-order valence-corrected chi connectivity index (χ0v) is 26.6. The minimum absolute atomic E-state index is 0.0855. The molecule has 1 fully saturated rings. The summed E-state index contributed by atoms with van der Waals surface area (Å²) in [5.41, 5.74) is 1.71. The molecule has 2 aromatic carbocycles. The van der Waals surface area contributed by atoms with Crippen molar-refractivity contribution < 1.29 is 29.0 Å². The molecule has 13 heteroatoms. The molecule has 3 aliphatic rings. The summed E-state index contributed by atoms with van der Waals surface area (Å²) in [7, 11) is 0. The number of ether oxygens (including phenoxy) is 1. The van der Waals surface area contributed by atoms with Crippen molar-refractivity contribution in [3.05, 3.63) is 77.6 Å². The van der Waals surface area contributed by atoms with Crippen molar-refractivity contribution in [3.63, 3.8) is 0 Å². The molecule has 4 amide bonds. The van der Waals surface area contributed by atoms with Gasteiger partial charge in [0.05, 0.1) is 25.5 Å². The van der Waals surface area contributed by atoms with Crippen molar-refractivity contribution in [2.45, 2.75) is 89.2 Å². The Labute approximate surface area is 273 Å². The molecule has 3 aromatic rings. The van der Waals surface area contributed by atoms with Crippen LogP contribution in [0.1, 0.15) is 67.1 Å². The second-order valence-corrected chi connectivity index (χ2v) is 12.2. The third-order valence-corrected chi connectivity index (χ3v) is 8.62. The molecule has 0 unspecified atom stereocenters. The van der Waals surface area contributed by atoms with E-state index in [4.69, 9.17) is 4.74 Å². The standard InChI is InChI=1S/C34H43N7O6/c1-22(42)29-33(45)36-28(19-23-9-4-2-5-10-23)32(44)35-20-26-21-41(40-39-26)17-8-18-47-27-15-13-25(14-16-27)31(43)38-30(34(46)37-29)24-11-6-3-7-12-24/h2,4-5,9-10,13-16,21-22,24,28-30,42H,3,6-8,11-12,17-20H2,1H3,(H,35,44)(H,36,45)(H,37,46)(H,38,43)/t22-,28-,29+,30+/m1/s1. The molecular formula is C34H43N7O6. The Kier molecular flexibility index (Phi) is 11.6. The number of aryl methyl sites for hydroxylation is 1. The number of aliphatic hydroxyl groups is 1. The number of hydrogen-bond acceptors (Lipinski definition) is 8. The Balaban J connectivity index is 1.41. The molecule has 1 saturated carbocycles. The molecule has 4 atom stereocenters. The van der Waals surface area contributed by atoms with Gasteiger partial charge >= 0.3 is 0 Å². The first-order chi connectivity index (χ1) is 22.8. The molecule has 0 saturated heterocycles. The summed E-state index contributed by atoms with van der Waals surface area (Å²) in [5, 5.41) is 30.1. The van der Waals surface area contributed by atoms with Crippen LogP contribution in [0.5, 0.6) is 5.75 Å². The second-order valence-electron chi connectivity index (χ2n) is 12.2. The van der Waals surface area contributed by atoms with Crippen LogP contribution in [0.25, 0.3) is 0 Å². The lowest BCUT2D eigenvalue weighted by molar-refractivity contribution is -0.135. The molecule has 47 heavy (non-hydrogen) atoms. The third kappa shape index (κ3) is 9.38. The van der Waals surface area contributed by atoms with Gasteiger partial charge in [0, 0.05) is 24.9 Å². The average molecular weight is 646 g/mol. The van der Waals surface area contributed by atoms with Crippen molar-refractivity contribution in [1.29, 1.82) is 0 Å². The zero-order chi connectivity index (χ0) is 33.2. The third-order valence-electron chi connectivity index (χ3n) is 8.62. The van der Waals surface area contributed by atoms with Crippen LogP contribution in [-0.4, -0.2) is 74.6 Å². The van der Waals surface area contributed by atoms with Crippen LogP contribution < -0.4 is 26.0 Å². The highest BCUT2D eigenvalue weighted by Gasteiger charge is 2.36. The fraction of sp³-hybridized carbons (Fsp3) is 0.471. The molecule has 0 spiro atoms. The first kappa shape index (κ1) is 33.6. The maximum atomic E-state index is 13.8. The number of carbonyl (C=O) groups excluding carboxylic acids is 4. The predicted octanol–water partition coefficient (Wildman–Crippen LogP) is 1.65. The van der Waals surface area contributed by atoms with Crippen LogP contribution in [-0.2, 0) is 33.9 Å². The van der Waals surface area contributed by atoms with E-state index in [1.165, 1.54) is 6.92 Å². The number of rotatable bonds is 4. The highest BCUT2D eigenvalue weighted by molar-refractivity contribution is 5.99. The molecule has 4 bridgehead atoms. The average Bonchev–Trinajstić information content (AvgIpc) is 3.54. The van der Waals surface area contributed by atoms with Crippen LogP contribution in [0.3, 0.4) is 0 Å². The first-order valence-corrected chi connectivity index (χ1v) is 16.3. The van der Waals surface area contributed by atoms with Crippen LogP contribution in [0.4, 0.5) is 0 Å². The van der Waals surface area contributed by atoms with E-state index in [9.17, 15) is 24.3 Å². The van der Waals surface area contributed by atoms with E-state index < -0.39 is 47.9 Å². The predicted molar refractivity (Wildman–Crippen MR) is 172 cm³/mol. The van der Waals surface area contributed by atoms with Gasteiger partial charge in [-0.1, -0.05) is 54.8 Å². The number of amides is 4. The van der Waals surface area contributed by atoms with Gasteiger partial charge in [-0.3, -0.25) is 23.9 Å². The lowest BCUT2D eigenvalue weighted by Crippen LogP contribution is -2.61. The van der Waals surface area contributed by atoms with Crippen LogP contribution >= 0.6 is 0 Å². The maximum Gasteiger partial charge on any atom is 0.251 e. The number of benzene rings is 2. The summed E-state index contributed by atoms with van der Waals surface area (Å²) in [6.07, 6.45) is 5.62. The molecule has 2 aliphatic heterocycles. The van der Waals surface area contributed by atoms with Crippen molar-refractivity contribution in [2.24, 2.45) is 5.92 Å².